The van der Waals surface area contributed by atoms with E-state index < -0.39 is 0 Å². The van der Waals surface area contributed by atoms with Gasteiger partial charge < -0.3 is 9.80 Å². The number of para-hydroxylation sites is 1. The number of aromatic nitrogens is 3. The van der Waals surface area contributed by atoms with Crippen molar-refractivity contribution >= 4 is 17.5 Å². The van der Waals surface area contributed by atoms with E-state index in [-0.39, 0.29) is 24.4 Å². The van der Waals surface area contributed by atoms with E-state index in [2.05, 4.69) is 15.2 Å². The van der Waals surface area contributed by atoms with E-state index in [4.69, 9.17) is 0 Å². The van der Waals surface area contributed by atoms with E-state index in [0.717, 1.165) is 17.1 Å². The third-order valence-corrected chi connectivity index (χ3v) is 4.52. The summed E-state index contributed by atoms with van der Waals surface area (Å²) in [4.78, 5) is 32.8. The summed E-state index contributed by atoms with van der Waals surface area (Å²) in [6, 6.07) is 7.79. The Labute approximate surface area is 147 Å². The van der Waals surface area contributed by atoms with E-state index in [9.17, 15) is 9.59 Å². The second-order valence-electron chi connectivity index (χ2n) is 6.50. The minimum atomic E-state index is -0.0468. The summed E-state index contributed by atoms with van der Waals surface area (Å²) in [5.74, 6) is 1.28. The van der Waals surface area contributed by atoms with Crippen molar-refractivity contribution in [2.75, 3.05) is 18.0 Å². The van der Waals surface area contributed by atoms with Crippen LogP contribution in [0, 0.1) is 13.8 Å². The Morgan fingerprint density at radius 2 is 2.08 bits per heavy atom. The smallest absolute Gasteiger partial charge is 0.246 e. The zero-order chi connectivity index (χ0) is 18.0. The number of nitrogens with zero attached hydrogens (tertiary/aromatic N) is 4. The molecule has 3 rings (SSSR count). The molecule has 1 aliphatic heterocycles. The fourth-order valence-electron chi connectivity index (χ4n) is 3.15. The molecule has 7 heteroatoms. The van der Waals surface area contributed by atoms with Gasteiger partial charge in [-0.2, -0.15) is 5.10 Å². The molecular weight excluding hydrogens is 318 g/mol. The number of anilines is 1. The molecule has 2 aromatic rings. The monoisotopic (exact) mass is 341 g/mol. The lowest BCUT2D eigenvalue weighted by Crippen LogP contribution is -2.57. The molecule has 0 radical (unpaired) electrons. The Bertz CT molecular complexity index is 785. The van der Waals surface area contributed by atoms with Crippen LogP contribution in [0.2, 0.25) is 0 Å². The minimum absolute atomic E-state index is 0.0290. The highest BCUT2D eigenvalue weighted by Crippen LogP contribution is 2.24. The van der Waals surface area contributed by atoms with E-state index >= 15 is 0 Å². The molecule has 1 aromatic carbocycles. The first-order chi connectivity index (χ1) is 12.0. The maximum absolute atomic E-state index is 12.6. The first-order valence-corrected chi connectivity index (χ1v) is 8.49. The first kappa shape index (κ1) is 17.1. The molecule has 2 heterocycles. The minimum Gasteiger partial charge on any atom is -0.329 e. The van der Waals surface area contributed by atoms with Crippen LogP contribution < -0.4 is 4.90 Å². The van der Waals surface area contributed by atoms with Crippen LogP contribution in [-0.4, -0.2) is 51.0 Å². The number of piperazine rings is 1. The van der Waals surface area contributed by atoms with Crippen LogP contribution >= 0.6 is 0 Å². The van der Waals surface area contributed by atoms with Crippen LogP contribution in [0.5, 0.6) is 0 Å². The van der Waals surface area contributed by atoms with Crippen LogP contribution in [0.1, 0.15) is 30.6 Å². The van der Waals surface area contributed by atoms with Crippen molar-refractivity contribution in [3.8, 4) is 0 Å². The molecule has 1 fully saturated rings. The summed E-state index contributed by atoms with van der Waals surface area (Å²) in [5.41, 5.74) is 1.98. The maximum Gasteiger partial charge on any atom is 0.246 e. The number of carbonyl (C=O) groups is 2. The summed E-state index contributed by atoms with van der Waals surface area (Å²) in [6.07, 6.45) is 0.779. The molecule has 1 unspecified atom stereocenters. The van der Waals surface area contributed by atoms with Gasteiger partial charge in [0.15, 0.2) is 5.82 Å². The number of H-pyrrole nitrogens is 1. The van der Waals surface area contributed by atoms with Crippen LogP contribution in [0.15, 0.2) is 24.3 Å². The predicted molar refractivity (Wildman–Crippen MR) is 94.1 cm³/mol. The predicted octanol–water partition coefficient (Wildman–Crippen LogP) is 1.62. The van der Waals surface area contributed by atoms with Gasteiger partial charge in [0.2, 0.25) is 11.8 Å². The quantitative estimate of drug-likeness (QED) is 0.916. The fourth-order valence-corrected chi connectivity index (χ4v) is 3.15. The van der Waals surface area contributed by atoms with Crippen molar-refractivity contribution in [2.45, 2.75) is 39.7 Å². The molecule has 0 spiro atoms. The lowest BCUT2D eigenvalue weighted by Gasteiger charge is -2.40. The van der Waals surface area contributed by atoms with E-state index in [1.807, 2.05) is 45.0 Å². The molecule has 0 aliphatic carbocycles. The summed E-state index contributed by atoms with van der Waals surface area (Å²) in [7, 11) is 0. The van der Waals surface area contributed by atoms with E-state index in [1.165, 1.54) is 0 Å². The molecular formula is C18H23N5O2. The first-order valence-electron chi connectivity index (χ1n) is 8.49. The Balaban J connectivity index is 1.64. The number of rotatable bonds is 4. The second-order valence-corrected chi connectivity index (χ2v) is 6.50. The molecule has 1 aromatic heterocycles. The van der Waals surface area contributed by atoms with Crippen LogP contribution in [0.3, 0.4) is 0 Å². The zero-order valence-corrected chi connectivity index (χ0v) is 14.8. The molecule has 0 bridgehead atoms. The van der Waals surface area contributed by atoms with Gasteiger partial charge in [-0.3, -0.25) is 14.7 Å². The molecule has 0 saturated carbocycles. The summed E-state index contributed by atoms with van der Waals surface area (Å²) in [5, 5.41) is 6.82. The van der Waals surface area contributed by atoms with Crippen molar-refractivity contribution in [3.63, 3.8) is 0 Å². The summed E-state index contributed by atoms with van der Waals surface area (Å²) < 4.78 is 0. The number of hydrogen-bond donors (Lipinski definition) is 1. The largest absolute Gasteiger partial charge is 0.329 e. The fraction of sp³-hybridized carbons (Fsp3) is 0.444. The third kappa shape index (κ3) is 3.70. The lowest BCUT2D eigenvalue weighted by molar-refractivity contribution is -0.139. The van der Waals surface area contributed by atoms with Crippen LogP contribution in [0.25, 0.3) is 0 Å². The SMILES string of the molecule is Cc1nc(CCC(=O)N2CC(=O)N(c3ccccc3C)CC2C)n[nH]1. The van der Waals surface area contributed by atoms with Gasteiger partial charge in [0.05, 0.1) is 0 Å². The third-order valence-electron chi connectivity index (χ3n) is 4.52. The van der Waals surface area contributed by atoms with Gasteiger partial charge in [0.1, 0.15) is 12.4 Å². The Morgan fingerprint density at radius 1 is 1.32 bits per heavy atom. The molecule has 1 atom stereocenters. The summed E-state index contributed by atoms with van der Waals surface area (Å²) in [6.45, 7) is 6.41. The van der Waals surface area contributed by atoms with Crippen molar-refractivity contribution in [2.24, 2.45) is 0 Å². The number of hydrogen-bond acceptors (Lipinski definition) is 4. The number of benzene rings is 1. The number of aromatic amines is 1. The molecule has 1 aliphatic rings. The van der Waals surface area contributed by atoms with Crippen LogP contribution in [-0.2, 0) is 16.0 Å². The van der Waals surface area contributed by atoms with E-state index in [0.29, 0.717) is 25.2 Å². The van der Waals surface area contributed by atoms with E-state index in [1.54, 1.807) is 9.80 Å². The topological polar surface area (TPSA) is 82.2 Å². The molecule has 1 saturated heterocycles. The number of aryl methyl sites for hydroxylation is 3. The van der Waals surface area contributed by atoms with Crippen molar-refractivity contribution in [1.82, 2.24) is 20.1 Å². The summed E-state index contributed by atoms with van der Waals surface area (Å²) >= 11 is 0. The molecule has 25 heavy (non-hydrogen) atoms. The highest BCUT2D eigenvalue weighted by molar-refractivity contribution is 5.98. The average molecular weight is 341 g/mol. The highest BCUT2D eigenvalue weighted by Gasteiger charge is 2.33. The zero-order valence-electron chi connectivity index (χ0n) is 14.8. The van der Waals surface area contributed by atoms with Gasteiger partial charge in [-0.05, 0) is 32.4 Å². The van der Waals surface area contributed by atoms with Gasteiger partial charge in [0.25, 0.3) is 0 Å². The lowest BCUT2D eigenvalue weighted by atomic mass is 10.1. The normalized spacial score (nSPS) is 17.9. The van der Waals surface area contributed by atoms with Gasteiger partial charge in [-0.15, -0.1) is 0 Å². The maximum atomic E-state index is 12.6. The molecule has 7 nitrogen and oxygen atoms in total. The molecule has 1 N–H and O–H groups in total. The Kier molecular flexibility index (Phi) is 4.83. The van der Waals surface area contributed by atoms with Gasteiger partial charge in [-0.1, -0.05) is 18.2 Å². The van der Waals surface area contributed by atoms with Crippen molar-refractivity contribution in [3.05, 3.63) is 41.5 Å². The van der Waals surface area contributed by atoms with Gasteiger partial charge >= 0.3 is 0 Å². The Morgan fingerprint density at radius 3 is 2.76 bits per heavy atom. The van der Waals surface area contributed by atoms with Gasteiger partial charge in [-0.25, -0.2) is 4.98 Å². The van der Waals surface area contributed by atoms with Crippen LogP contribution in [0.4, 0.5) is 5.69 Å². The van der Waals surface area contributed by atoms with Gasteiger partial charge in [0, 0.05) is 31.1 Å². The average Bonchev–Trinajstić information content (AvgIpc) is 3.00. The molecule has 132 valence electrons. The molecule has 2 amide bonds. The van der Waals surface area contributed by atoms with Crippen molar-refractivity contribution < 1.29 is 9.59 Å². The Hall–Kier alpha value is -2.70. The number of amides is 2. The number of nitrogens with one attached hydrogen (secondary N) is 1. The highest BCUT2D eigenvalue weighted by atomic mass is 16.2. The standard InChI is InChI=1S/C18H23N5O2/c1-12-6-4-5-7-15(12)23-10-13(2)22(11-18(23)25)17(24)9-8-16-19-14(3)20-21-16/h4-7,13H,8-11H2,1-3H3,(H,19,20,21). The van der Waals surface area contributed by atoms with Crippen molar-refractivity contribution in [1.29, 1.82) is 0 Å². The second kappa shape index (κ2) is 7.04. The number of carbonyl (C=O) groups excluding carboxylic acids is 2.